The van der Waals surface area contributed by atoms with E-state index in [0.29, 0.717) is 30.3 Å². The third-order valence-corrected chi connectivity index (χ3v) is 5.46. The standard InChI is InChI=1S/C24H24N6O4/c1-2-29-24(34)18-11-7-6-10-17(18)22(28-29)23(33)26-25-20(31)12-13-21(32)30-15-14-19(27-30)16-8-4-3-5-9-16/h3-11H,2,12-15H2,1H3,(H,25,31)(H,26,33). The number of fused-ring (bicyclic) bond motifs is 1. The number of carbonyl (C=O) groups is 3. The molecule has 3 amide bonds. The molecule has 2 aromatic carbocycles. The third kappa shape index (κ3) is 4.85. The Morgan fingerprint density at radius 1 is 0.941 bits per heavy atom. The van der Waals surface area contributed by atoms with Gasteiger partial charge in [-0.3, -0.25) is 30.0 Å². The molecule has 0 fully saturated rings. The predicted octanol–water partition coefficient (Wildman–Crippen LogP) is 1.59. The molecule has 3 aromatic rings. The van der Waals surface area contributed by atoms with E-state index in [0.717, 1.165) is 11.3 Å². The first kappa shape index (κ1) is 22.8. The summed E-state index contributed by atoms with van der Waals surface area (Å²) in [5, 5.41) is 10.6. The first-order valence-electron chi connectivity index (χ1n) is 11.0. The number of nitrogens with zero attached hydrogens (tertiary/aromatic N) is 4. The number of benzene rings is 2. The Morgan fingerprint density at radius 3 is 2.38 bits per heavy atom. The van der Waals surface area contributed by atoms with Crippen molar-refractivity contribution < 1.29 is 14.4 Å². The summed E-state index contributed by atoms with van der Waals surface area (Å²) in [6.45, 7) is 2.51. The lowest BCUT2D eigenvalue weighted by Gasteiger charge is -2.12. The van der Waals surface area contributed by atoms with Gasteiger partial charge < -0.3 is 0 Å². The zero-order chi connectivity index (χ0) is 24.1. The molecule has 0 saturated heterocycles. The Bertz CT molecular complexity index is 1330. The second-order valence-corrected chi connectivity index (χ2v) is 7.70. The normalized spacial score (nSPS) is 13.0. The van der Waals surface area contributed by atoms with Gasteiger partial charge in [-0.1, -0.05) is 48.5 Å². The van der Waals surface area contributed by atoms with E-state index < -0.39 is 11.8 Å². The molecule has 34 heavy (non-hydrogen) atoms. The molecule has 4 rings (SSSR count). The van der Waals surface area contributed by atoms with Crippen molar-refractivity contribution in [2.24, 2.45) is 5.10 Å². The van der Waals surface area contributed by atoms with Crippen molar-refractivity contribution in [1.29, 1.82) is 0 Å². The fourth-order valence-corrected chi connectivity index (χ4v) is 3.69. The molecular formula is C24H24N6O4. The molecule has 10 heteroatoms. The summed E-state index contributed by atoms with van der Waals surface area (Å²) < 4.78 is 1.19. The van der Waals surface area contributed by atoms with Gasteiger partial charge in [0.05, 0.1) is 17.6 Å². The van der Waals surface area contributed by atoms with E-state index in [1.54, 1.807) is 31.2 Å². The summed E-state index contributed by atoms with van der Waals surface area (Å²) >= 11 is 0. The molecular weight excluding hydrogens is 436 g/mol. The molecule has 0 atom stereocenters. The van der Waals surface area contributed by atoms with Gasteiger partial charge in [0, 0.05) is 31.2 Å². The summed E-state index contributed by atoms with van der Waals surface area (Å²) in [5.41, 5.74) is 6.15. The van der Waals surface area contributed by atoms with Gasteiger partial charge in [0.15, 0.2) is 5.69 Å². The van der Waals surface area contributed by atoms with Gasteiger partial charge in [-0.2, -0.15) is 10.2 Å². The van der Waals surface area contributed by atoms with E-state index in [1.165, 1.54) is 9.69 Å². The Balaban J connectivity index is 1.33. The number of aryl methyl sites for hydroxylation is 1. The van der Waals surface area contributed by atoms with Crippen LogP contribution in [-0.4, -0.2) is 44.8 Å². The Labute approximate surface area is 195 Å². The molecule has 2 heterocycles. The van der Waals surface area contributed by atoms with Crippen LogP contribution in [0.3, 0.4) is 0 Å². The average Bonchev–Trinajstić information content (AvgIpc) is 3.37. The summed E-state index contributed by atoms with van der Waals surface area (Å²) in [6, 6.07) is 16.3. The number of amides is 3. The lowest BCUT2D eigenvalue weighted by atomic mass is 10.1. The van der Waals surface area contributed by atoms with Crippen molar-refractivity contribution in [1.82, 2.24) is 25.6 Å². The van der Waals surface area contributed by atoms with Gasteiger partial charge in [-0.15, -0.1) is 0 Å². The molecule has 10 nitrogen and oxygen atoms in total. The minimum absolute atomic E-state index is 0.0215. The second kappa shape index (κ2) is 10.1. The number of hydrogen-bond donors (Lipinski definition) is 2. The lowest BCUT2D eigenvalue weighted by molar-refractivity contribution is -0.133. The predicted molar refractivity (Wildman–Crippen MR) is 126 cm³/mol. The Kier molecular flexibility index (Phi) is 6.77. The van der Waals surface area contributed by atoms with Crippen molar-refractivity contribution >= 4 is 34.2 Å². The number of hydrogen-bond acceptors (Lipinski definition) is 6. The quantitative estimate of drug-likeness (QED) is 0.541. The highest BCUT2D eigenvalue weighted by Crippen LogP contribution is 2.15. The van der Waals surface area contributed by atoms with Crippen LogP contribution in [0, 0.1) is 0 Å². The van der Waals surface area contributed by atoms with Crippen molar-refractivity contribution in [2.75, 3.05) is 6.54 Å². The summed E-state index contributed by atoms with van der Waals surface area (Å²) in [6.07, 6.45) is 0.489. The number of rotatable bonds is 6. The van der Waals surface area contributed by atoms with Crippen LogP contribution in [0.25, 0.3) is 10.8 Å². The minimum atomic E-state index is -0.658. The summed E-state index contributed by atoms with van der Waals surface area (Å²) in [4.78, 5) is 49.7. The molecule has 0 unspecified atom stereocenters. The Hall–Kier alpha value is -4.34. The van der Waals surface area contributed by atoms with Gasteiger partial charge in [0.2, 0.25) is 11.8 Å². The Morgan fingerprint density at radius 2 is 1.65 bits per heavy atom. The molecule has 1 aliphatic heterocycles. The van der Waals surface area contributed by atoms with E-state index in [4.69, 9.17) is 0 Å². The first-order chi connectivity index (χ1) is 16.5. The molecule has 2 N–H and O–H groups in total. The van der Waals surface area contributed by atoms with Crippen LogP contribution in [0.1, 0.15) is 42.2 Å². The van der Waals surface area contributed by atoms with Gasteiger partial charge in [-0.25, -0.2) is 9.69 Å². The maximum Gasteiger partial charge on any atom is 0.290 e. The summed E-state index contributed by atoms with van der Waals surface area (Å²) in [7, 11) is 0. The van der Waals surface area contributed by atoms with Crippen LogP contribution in [-0.2, 0) is 16.1 Å². The van der Waals surface area contributed by atoms with Crippen molar-refractivity contribution in [3.05, 3.63) is 76.2 Å². The van der Waals surface area contributed by atoms with Crippen LogP contribution < -0.4 is 16.4 Å². The topological polar surface area (TPSA) is 126 Å². The largest absolute Gasteiger partial charge is 0.290 e. The number of nitrogens with one attached hydrogen (secondary N) is 2. The van der Waals surface area contributed by atoms with Gasteiger partial charge in [0.25, 0.3) is 11.5 Å². The maximum absolute atomic E-state index is 12.7. The molecule has 0 radical (unpaired) electrons. The van der Waals surface area contributed by atoms with Gasteiger partial charge in [0.1, 0.15) is 0 Å². The number of aromatic nitrogens is 2. The zero-order valence-electron chi connectivity index (χ0n) is 18.7. The van der Waals surface area contributed by atoms with Gasteiger partial charge in [-0.05, 0) is 18.6 Å². The van der Waals surface area contributed by atoms with E-state index >= 15 is 0 Å². The fraction of sp³-hybridized carbons (Fsp3) is 0.250. The molecule has 0 saturated carbocycles. The lowest BCUT2D eigenvalue weighted by Crippen LogP contribution is -2.43. The van der Waals surface area contributed by atoms with Crippen LogP contribution in [0.5, 0.6) is 0 Å². The second-order valence-electron chi connectivity index (χ2n) is 7.70. The van der Waals surface area contributed by atoms with Crippen molar-refractivity contribution in [3.63, 3.8) is 0 Å². The molecule has 1 aliphatic rings. The van der Waals surface area contributed by atoms with Gasteiger partial charge >= 0.3 is 0 Å². The molecule has 0 spiro atoms. The molecule has 0 bridgehead atoms. The van der Waals surface area contributed by atoms with Crippen LogP contribution in [0.2, 0.25) is 0 Å². The smallest absolute Gasteiger partial charge is 0.273 e. The fourth-order valence-electron chi connectivity index (χ4n) is 3.69. The van der Waals surface area contributed by atoms with Crippen molar-refractivity contribution in [3.8, 4) is 0 Å². The number of carbonyl (C=O) groups excluding carboxylic acids is 3. The van der Waals surface area contributed by atoms with Crippen LogP contribution in [0.4, 0.5) is 0 Å². The highest BCUT2D eigenvalue weighted by Gasteiger charge is 2.22. The van der Waals surface area contributed by atoms with Crippen molar-refractivity contribution in [2.45, 2.75) is 32.7 Å². The average molecular weight is 460 g/mol. The first-order valence-corrected chi connectivity index (χ1v) is 11.0. The number of hydrazone groups is 1. The van der Waals surface area contributed by atoms with E-state index in [2.05, 4.69) is 21.1 Å². The molecule has 1 aromatic heterocycles. The number of hydrazine groups is 1. The molecule has 174 valence electrons. The van der Waals surface area contributed by atoms with Crippen LogP contribution >= 0.6 is 0 Å². The maximum atomic E-state index is 12.7. The van der Waals surface area contributed by atoms with E-state index in [9.17, 15) is 19.2 Å². The molecule has 0 aliphatic carbocycles. The van der Waals surface area contributed by atoms with E-state index in [1.807, 2.05) is 30.3 Å². The highest BCUT2D eigenvalue weighted by molar-refractivity contribution is 6.05. The highest BCUT2D eigenvalue weighted by atomic mass is 16.2. The minimum Gasteiger partial charge on any atom is -0.273 e. The summed E-state index contributed by atoms with van der Waals surface area (Å²) in [5.74, 6) is -1.45. The van der Waals surface area contributed by atoms with E-state index in [-0.39, 0.29) is 30.0 Å². The zero-order valence-corrected chi connectivity index (χ0v) is 18.7. The monoisotopic (exact) mass is 460 g/mol. The van der Waals surface area contributed by atoms with Crippen LogP contribution in [0.15, 0.2) is 64.5 Å². The SMILES string of the molecule is CCn1nc(C(=O)NNC(=O)CCC(=O)N2CCC(c3ccccc3)=N2)c2ccccc2c1=O. The third-order valence-electron chi connectivity index (χ3n) is 5.46.